The highest BCUT2D eigenvalue weighted by Gasteiger charge is 2.13. The second-order valence-electron chi connectivity index (χ2n) is 5.87. The normalized spacial score (nSPS) is 10.2. The number of methoxy groups -OCH3 is 2. The van der Waals surface area contributed by atoms with Crippen LogP contribution in [0.2, 0.25) is 0 Å². The van der Waals surface area contributed by atoms with Gasteiger partial charge in [0.25, 0.3) is 0 Å². The first-order valence-electron chi connectivity index (χ1n) is 8.99. The van der Waals surface area contributed by atoms with Gasteiger partial charge in [-0.2, -0.15) is 0 Å². The Morgan fingerprint density at radius 3 is 2.34 bits per heavy atom. The van der Waals surface area contributed by atoms with E-state index in [-0.39, 0.29) is 0 Å². The average molecular weight is 394 g/mol. The van der Waals surface area contributed by atoms with Crippen LogP contribution in [0.1, 0.15) is 17.3 Å². The lowest BCUT2D eigenvalue weighted by Crippen LogP contribution is -2.08. The standard InChI is InChI=1S/C21H22N4O4/c1-4-29-21(26)15-7-5-6-8-16(15)24-19-12-20(23-13-22-19)25-17-11-14(27-2)9-10-18(17)28-3/h5-13H,4H2,1-3H3,(H2,22,23,24,25). The molecule has 0 amide bonds. The number of benzene rings is 2. The van der Waals surface area contributed by atoms with E-state index >= 15 is 0 Å². The molecule has 0 saturated heterocycles. The number of esters is 1. The fourth-order valence-electron chi connectivity index (χ4n) is 2.66. The minimum Gasteiger partial charge on any atom is -0.497 e. The maximum atomic E-state index is 12.2. The first kappa shape index (κ1) is 19.9. The number of rotatable bonds is 8. The third-order valence-corrected chi connectivity index (χ3v) is 4.02. The number of anilines is 4. The molecule has 29 heavy (non-hydrogen) atoms. The van der Waals surface area contributed by atoms with Gasteiger partial charge in [-0.15, -0.1) is 0 Å². The molecular formula is C21H22N4O4. The molecule has 0 aliphatic rings. The van der Waals surface area contributed by atoms with E-state index in [1.807, 2.05) is 18.2 Å². The highest BCUT2D eigenvalue weighted by Crippen LogP contribution is 2.31. The van der Waals surface area contributed by atoms with Crippen molar-refractivity contribution in [3.05, 3.63) is 60.4 Å². The Morgan fingerprint density at radius 1 is 0.931 bits per heavy atom. The summed E-state index contributed by atoms with van der Waals surface area (Å²) in [6.45, 7) is 2.07. The number of nitrogens with one attached hydrogen (secondary N) is 2. The maximum absolute atomic E-state index is 12.2. The van der Waals surface area contributed by atoms with Gasteiger partial charge in [-0.1, -0.05) is 12.1 Å². The summed E-state index contributed by atoms with van der Waals surface area (Å²) in [6, 6.07) is 14.2. The molecule has 0 unspecified atom stereocenters. The number of hydrogen-bond acceptors (Lipinski definition) is 8. The van der Waals surface area contributed by atoms with Crippen molar-refractivity contribution >= 4 is 29.0 Å². The number of nitrogens with zero attached hydrogens (tertiary/aromatic N) is 2. The molecule has 0 radical (unpaired) electrons. The van der Waals surface area contributed by atoms with Gasteiger partial charge in [0, 0.05) is 12.1 Å². The summed E-state index contributed by atoms with van der Waals surface area (Å²) >= 11 is 0. The van der Waals surface area contributed by atoms with E-state index in [0.29, 0.717) is 46.7 Å². The number of hydrogen-bond donors (Lipinski definition) is 2. The summed E-state index contributed by atoms with van der Waals surface area (Å²) in [4.78, 5) is 20.6. The molecule has 2 N–H and O–H groups in total. The number of carbonyl (C=O) groups excluding carboxylic acids is 1. The summed E-state index contributed by atoms with van der Waals surface area (Å²) in [5.41, 5.74) is 1.72. The number of carbonyl (C=O) groups is 1. The summed E-state index contributed by atoms with van der Waals surface area (Å²) in [6.07, 6.45) is 1.42. The lowest BCUT2D eigenvalue weighted by molar-refractivity contribution is 0.0527. The third kappa shape index (κ3) is 4.92. The zero-order valence-corrected chi connectivity index (χ0v) is 16.4. The maximum Gasteiger partial charge on any atom is 0.340 e. The Kier molecular flexibility index (Phi) is 6.47. The Labute approximate surface area is 168 Å². The molecule has 0 aliphatic heterocycles. The van der Waals surface area contributed by atoms with Crippen LogP contribution in [0.4, 0.5) is 23.0 Å². The highest BCUT2D eigenvalue weighted by atomic mass is 16.5. The van der Waals surface area contributed by atoms with Gasteiger partial charge in [0.2, 0.25) is 0 Å². The van der Waals surface area contributed by atoms with Crippen molar-refractivity contribution in [3.63, 3.8) is 0 Å². The Morgan fingerprint density at radius 2 is 1.66 bits per heavy atom. The van der Waals surface area contributed by atoms with Crippen LogP contribution in [0.3, 0.4) is 0 Å². The van der Waals surface area contributed by atoms with Crippen molar-refractivity contribution in [1.82, 2.24) is 9.97 Å². The molecule has 1 aromatic heterocycles. The number of para-hydroxylation sites is 1. The van der Waals surface area contributed by atoms with Gasteiger partial charge in [-0.3, -0.25) is 0 Å². The van der Waals surface area contributed by atoms with E-state index in [1.165, 1.54) is 6.33 Å². The van der Waals surface area contributed by atoms with Crippen LogP contribution < -0.4 is 20.1 Å². The quantitative estimate of drug-likeness (QED) is 0.550. The minimum atomic E-state index is -0.399. The van der Waals surface area contributed by atoms with Crippen LogP contribution in [0.5, 0.6) is 11.5 Å². The van der Waals surface area contributed by atoms with E-state index < -0.39 is 5.97 Å². The van der Waals surface area contributed by atoms with E-state index in [9.17, 15) is 4.79 Å². The minimum absolute atomic E-state index is 0.303. The first-order chi connectivity index (χ1) is 14.1. The summed E-state index contributed by atoms with van der Waals surface area (Å²) < 4.78 is 15.8. The largest absolute Gasteiger partial charge is 0.497 e. The van der Waals surface area contributed by atoms with Gasteiger partial charge in [-0.05, 0) is 31.2 Å². The average Bonchev–Trinajstić information content (AvgIpc) is 2.74. The first-order valence-corrected chi connectivity index (χ1v) is 8.99. The van der Waals surface area contributed by atoms with Crippen molar-refractivity contribution in [2.45, 2.75) is 6.92 Å². The lowest BCUT2D eigenvalue weighted by Gasteiger charge is -2.13. The summed E-state index contributed by atoms with van der Waals surface area (Å²) in [5, 5.41) is 6.34. The van der Waals surface area contributed by atoms with E-state index in [4.69, 9.17) is 14.2 Å². The van der Waals surface area contributed by atoms with Crippen LogP contribution in [-0.2, 0) is 4.74 Å². The highest BCUT2D eigenvalue weighted by molar-refractivity contribution is 5.96. The second-order valence-corrected chi connectivity index (χ2v) is 5.87. The predicted octanol–water partition coefficient (Wildman–Crippen LogP) is 4.16. The zero-order chi connectivity index (χ0) is 20.6. The van der Waals surface area contributed by atoms with Gasteiger partial charge in [-0.25, -0.2) is 14.8 Å². The van der Waals surface area contributed by atoms with E-state index in [1.54, 1.807) is 51.5 Å². The van der Waals surface area contributed by atoms with Gasteiger partial charge < -0.3 is 24.8 Å². The lowest BCUT2D eigenvalue weighted by atomic mass is 10.2. The molecule has 2 aromatic carbocycles. The Balaban J connectivity index is 1.84. The SMILES string of the molecule is CCOC(=O)c1ccccc1Nc1cc(Nc2cc(OC)ccc2OC)ncn1. The van der Waals surface area contributed by atoms with Crippen molar-refractivity contribution in [2.24, 2.45) is 0 Å². The fourth-order valence-corrected chi connectivity index (χ4v) is 2.66. The van der Waals surface area contributed by atoms with Crippen LogP contribution in [-0.4, -0.2) is 36.8 Å². The fraction of sp³-hybridized carbons (Fsp3) is 0.190. The summed E-state index contributed by atoms with van der Waals surface area (Å²) in [5.74, 6) is 1.99. The molecule has 3 aromatic rings. The molecule has 3 rings (SSSR count). The van der Waals surface area contributed by atoms with Gasteiger partial charge in [0.1, 0.15) is 29.5 Å². The number of aromatic nitrogens is 2. The van der Waals surface area contributed by atoms with Crippen LogP contribution in [0.25, 0.3) is 0 Å². The molecule has 1 heterocycles. The topological polar surface area (TPSA) is 94.6 Å². The van der Waals surface area contributed by atoms with E-state index in [0.717, 1.165) is 0 Å². The zero-order valence-electron chi connectivity index (χ0n) is 16.4. The van der Waals surface area contributed by atoms with Gasteiger partial charge in [0.15, 0.2) is 0 Å². The van der Waals surface area contributed by atoms with Gasteiger partial charge in [0.05, 0.1) is 37.8 Å². The van der Waals surface area contributed by atoms with Crippen molar-refractivity contribution < 1.29 is 19.0 Å². The molecule has 0 fully saturated rings. The monoisotopic (exact) mass is 394 g/mol. The van der Waals surface area contributed by atoms with Crippen LogP contribution in [0.15, 0.2) is 54.9 Å². The molecule has 8 nitrogen and oxygen atoms in total. The molecule has 8 heteroatoms. The Hall–Kier alpha value is -3.81. The molecule has 0 aliphatic carbocycles. The Bertz CT molecular complexity index is 994. The van der Waals surface area contributed by atoms with Crippen LogP contribution >= 0.6 is 0 Å². The smallest absolute Gasteiger partial charge is 0.340 e. The third-order valence-electron chi connectivity index (χ3n) is 4.02. The van der Waals surface area contributed by atoms with E-state index in [2.05, 4.69) is 20.6 Å². The molecule has 150 valence electrons. The predicted molar refractivity (Wildman–Crippen MR) is 111 cm³/mol. The number of ether oxygens (including phenoxy) is 3. The van der Waals surface area contributed by atoms with Crippen LogP contribution in [0, 0.1) is 0 Å². The molecule has 0 bridgehead atoms. The van der Waals surface area contributed by atoms with Crippen molar-refractivity contribution in [3.8, 4) is 11.5 Å². The summed E-state index contributed by atoms with van der Waals surface area (Å²) in [7, 11) is 3.19. The molecule has 0 saturated carbocycles. The second kappa shape index (κ2) is 9.41. The van der Waals surface area contributed by atoms with Crippen molar-refractivity contribution in [2.75, 3.05) is 31.5 Å². The van der Waals surface area contributed by atoms with Gasteiger partial charge >= 0.3 is 5.97 Å². The molecular weight excluding hydrogens is 372 g/mol. The molecule has 0 atom stereocenters. The van der Waals surface area contributed by atoms with Crippen molar-refractivity contribution in [1.29, 1.82) is 0 Å². The molecule has 0 spiro atoms.